The number of H-pyrrole nitrogens is 1. The van der Waals surface area contributed by atoms with Gasteiger partial charge in [0.15, 0.2) is 6.29 Å². The van der Waals surface area contributed by atoms with Gasteiger partial charge in [-0.15, -0.1) is 0 Å². The van der Waals surface area contributed by atoms with Crippen molar-refractivity contribution in [1.82, 2.24) is 10.3 Å². The molecule has 0 bridgehead atoms. The van der Waals surface area contributed by atoms with Gasteiger partial charge in [0.2, 0.25) is 0 Å². The number of fused-ring (bicyclic) bond motifs is 1. The van der Waals surface area contributed by atoms with Gasteiger partial charge >= 0.3 is 0 Å². The number of benzene rings is 1. The molecule has 0 atom stereocenters. The lowest BCUT2D eigenvalue weighted by Crippen LogP contribution is -2.24. The molecular formula is C14H16N2O2. The molecule has 0 aliphatic carbocycles. The number of hydrogen-bond donors (Lipinski definition) is 2. The van der Waals surface area contributed by atoms with Gasteiger partial charge in [-0.1, -0.05) is 25.5 Å². The summed E-state index contributed by atoms with van der Waals surface area (Å²) in [6.45, 7) is 2.75. The first-order valence-corrected chi connectivity index (χ1v) is 6.11. The van der Waals surface area contributed by atoms with Crippen LogP contribution in [-0.2, 0) is 0 Å². The van der Waals surface area contributed by atoms with Crippen molar-refractivity contribution < 1.29 is 9.59 Å². The number of unbranched alkanes of at least 4 members (excludes halogenated alkanes) is 1. The molecule has 2 N–H and O–H groups in total. The summed E-state index contributed by atoms with van der Waals surface area (Å²) in [6, 6.07) is 7.11. The Kier molecular flexibility index (Phi) is 3.77. The molecule has 0 saturated heterocycles. The van der Waals surface area contributed by atoms with Crippen LogP contribution < -0.4 is 5.32 Å². The summed E-state index contributed by atoms with van der Waals surface area (Å²) in [7, 11) is 0. The van der Waals surface area contributed by atoms with Gasteiger partial charge in [-0.05, 0) is 18.6 Å². The Morgan fingerprint density at radius 1 is 1.44 bits per heavy atom. The molecule has 2 aromatic rings. The monoisotopic (exact) mass is 244 g/mol. The predicted molar refractivity (Wildman–Crippen MR) is 70.9 cm³/mol. The van der Waals surface area contributed by atoms with E-state index in [0.717, 1.165) is 30.0 Å². The maximum Gasteiger partial charge on any atom is 0.267 e. The molecule has 0 unspecified atom stereocenters. The van der Waals surface area contributed by atoms with E-state index in [0.29, 0.717) is 17.8 Å². The minimum absolute atomic E-state index is 0.128. The van der Waals surface area contributed by atoms with Crippen LogP contribution in [0.5, 0.6) is 0 Å². The van der Waals surface area contributed by atoms with Gasteiger partial charge in [0.05, 0.1) is 0 Å². The number of aromatic amines is 1. The molecule has 18 heavy (non-hydrogen) atoms. The normalized spacial score (nSPS) is 10.5. The zero-order valence-corrected chi connectivity index (χ0v) is 10.3. The minimum Gasteiger partial charge on any atom is -0.351 e. The van der Waals surface area contributed by atoms with Crippen LogP contribution in [0.25, 0.3) is 10.9 Å². The average molecular weight is 244 g/mol. The predicted octanol–water partition coefficient (Wildman–Crippen LogP) is 2.51. The highest BCUT2D eigenvalue weighted by Gasteiger charge is 2.10. The van der Waals surface area contributed by atoms with Crippen LogP contribution in [-0.4, -0.2) is 23.7 Å². The first-order chi connectivity index (χ1) is 8.76. The number of rotatable bonds is 5. The lowest BCUT2D eigenvalue weighted by molar-refractivity contribution is 0.0948. The molecule has 0 fully saturated rings. The fourth-order valence-corrected chi connectivity index (χ4v) is 1.88. The molecule has 2 rings (SSSR count). The molecule has 1 heterocycles. The second kappa shape index (κ2) is 5.49. The lowest BCUT2D eigenvalue weighted by atomic mass is 10.1. The van der Waals surface area contributed by atoms with Crippen LogP contribution in [0.15, 0.2) is 24.3 Å². The number of aromatic nitrogens is 1. The van der Waals surface area contributed by atoms with Gasteiger partial charge in [0.1, 0.15) is 5.69 Å². The van der Waals surface area contributed by atoms with Crippen molar-refractivity contribution in [2.75, 3.05) is 6.54 Å². The van der Waals surface area contributed by atoms with Crippen LogP contribution in [0.4, 0.5) is 0 Å². The number of aldehydes is 1. The molecule has 4 heteroatoms. The fourth-order valence-electron chi connectivity index (χ4n) is 1.88. The average Bonchev–Trinajstić information content (AvgIpc) is 2.82. The van der Waals surface area contributed by atoms with Crippen molar-refractivity contribution in [2.45, 2.75) is 19.8 Å². The number of hydrogen-bond acceptors (Lipinski definition) is 2. The minimum atomic E-state index is -0.128. The maximum absolute atomic E-state index is 11.9. The third kappa shape index (κ3) is 2.42. The Morgan fingerprint density at radius 2 is 2.28 bits per heavy atom. The SMILES string of the molecule is CCCCNC(=O)c1cc2c(C=O)cccc2[nH]1. The van der Waals surface area contributed by atoms with E-state index in [-0.39, 0.29) is 5.91 Å². The van der Waals surface area contributed by atoms with E-state index < -0.39 is 0 Å². The van der Waals surface area contributed by atoms with Crippen LogP contribution in [0, 0.1) is 0 Å². The highest BCUT2D eigenvalue weighted by atomic mass is 16.1. The second-order valence-electron chi connectivity index (χ2n) is 4.22. The zero-order chi connectivity index (χ0) is 13.0. The third-order valence-electron chi connectivity index (χ3n) is 2.89. The first-order valence-electron chi connectivity index (χ1n) is 6.11. The largest absolute Gasteiger partial charge is 0.351 e. The smallest absolute Gasteiger partial charge is 0.267 e. The van der Waals surface area contributed by atoms with Crippen molar-refractivity contribution in [1.29, 1.82) is 0 Å². The van der Waals surface area contributed by atoms with Crippen LogP contribution >= 0.6 is 0 Å². The Hall–Kier alpha value is -2.10. The molecule has 0 aliphatic rings. The van der Waals surface area contributed by atoms with Crippen molar-refractivity contribution in [3.8, 4) is 0 Å². The van der Waals surface area contributed by atoms with Crippen LogP contribution in [0.3, 0.4) is 0 Å². The Bertz CT molecular complexity index is 572. The number of amides is 1. The molecule has 1 aromatic carbocycles. The summed E-state index contributed by atoms with van der Waals surface area (Å²) < 4.78 is 0. The van der Waals surface area contributed by atoms with E-state index in [9.17, 15) is 9.59 Å². The van der Waals surface area contributed by atoms with Gasteiger partial charge in [-0.3, -0.25) is 9.59 Å². The summed E-state index contributed by atoms with van der Waals surface area (Å²) >= 11 is 0. The molecular weight excluding hydrogens is 228 g/mol. The summed E-state index contributed by atoms with van der Waals surface area (Å²) in [5.74, 6) is -0.128. The molecule has 1 aromatic heterocycles. The van der Waals surface area contributed by atoms with E-state index >= 15 is 0 Å². The van der Waals surface area contributed by atoms with Crippen LogP contribution in [0.1, 0.15) is 40.6 Å². The zero-order valence-electron chi connectivity index (χ0n) is 10.3. The van der Waals surface area contributed by atoms with E-state index in [1.807, 2.05) is 6.07 Å². The van der Waals surface area contributed by atoms with Crippen molar-refractivity contribution in [3.05, 3.63) is 35.5 Å². The van der Waals surface area contributed by atoms with Crippen LogP contribution in [0.2, 0.25) is 0 Å². The summed E-state index contributed by atoms with van der Waals surface area (Å²) in [6.07, 6.45) is 2.81. The third-order valence-corrected chi connectivity index (χ3v) is 2.89. The molecule has 0 saturated carbocycles. The van der Waals surface area contributed by atoms with Gasteiger partial charge in [-0.2, -0.15) is 0 Å². The van der Waals surface area contributed by atoms with E-state index in [2.05, 4.69) is 17.2 Å². The maximum atomic E-state index is 11.9. The number of carbonyl (C=O) groups is 2. The molecule has 94 valence electrons. The molecule has 0 aliphatic heterocycles. The standard InChI is InChI=1S/C14H16N2O2/c1-2-3-7-15-14(18)13-8-11-10(9-17)5-4-6-12(11)16-13/h4-6,8-9,16H,2-3,7H2,1H3,(H,15,18). The van der Waals surface area contributed by atoms with Gasteiger partial charge in [0.25, 0.3) is 5.91 Å². The summed E-state index contributed by atoms with van der Waals surface area (Å²) in [5, 5.41) is 3.63. The fraction of sp³-hybridized carbons (Fsp3) is 0.286. The van der Waals surface area contributed by atoms with Crippen molar-refractivity contribution in [2.24, 2.45) is 0 Å². The quantitative estimate of drug-likeness (QED) is 0.627. The van der Waals surface area contributed by atoms with Crippen molar-refractivity contribution in [3.63, 3.8) is 0 Å². The lowest BCUT2D eigenvalue weighted by Gasteiger charge is -2.01. The summed E-state index contributed by atoms with van der Waals surface area (Å²) in [4.78, 5) is 25.8. The van der Waals surface area contributed by atoms with E-state index in [1.165, 1.54) is 0 Å². The highest BCUT2D eigenvalue weighted by molar-refractivity contribution is 6.03. The summed E-state index contributed by atoms with van der Waals surface area (Å²) in [5.41, 5.74) is 1.90. The Balaban J connectivity index is 2.24. The number of carbonyl (C=O) groups excluding carboxylic acids is 2. The first kappa shape index (κ1) is 12.4. The van der Waals surface area contributed by atoms with E-state index in [1.54, 1.807) is 18.2 Å². The van der Waals surface area contributed by atoms with Gasteiger partial charge in [0, 0.05) is 23.0 Å². The second-order valence-corrected chi connectivity index (χ2v) is 4.22. The Morgan fingerprint density at radius 3 is 3.00 bits per heavy atom. The molecule has 0 spiro atoms. The van der Waals surface area contributed by atoms with Gasteiger partial charge < -0.3 is 10.3 Å². The molecule has 4 nitrogen and oxygen atoms in total. The van der Waals surface area contributed by atoms with Crippen molar-refractivity contribution >= 4 is 23.1 Å². The Labute approximate surface area is 105 Å². The van der Waals surface area contributed by atoms with Gasteiger partial charge in [-0.25, -0.2) is 0 Å². The van der Waals surface area contributed by atoms with E-state index in [4.69, 9.17) is 0 Å². The molecule has 0 radical (unpaired) electrons. The topological polar surface area (TPSA) is 62.0 Å². The number of nitrogens with one attached hydrogen (secondary N) is 2. The molecule has 1 amide bonds. The highest BCUT2D eigenvalue weighted by Crippen LogP contribution is 2.18.